The Morgan fingerprint density at radius 2 is 2.55 bits per heavy atom. The monoisotopic (exact) mass is 151 g/mol. The fraction of sp³-hybridized carbons (Fsp3) is 0.143. The summed E-state index contributed by atoms with van der Waals surface area (Å²) < 4.78 is 4.37. The average Bonchev–Trinajstić information content (AvgIpc) is 2.52. The summed E-state index contributed by atoms with van der Waals surface area (Å²) in [6.45, 7) is 0. The Bertz CT molecular complexity index is 237. The van der Waals surface area contributed by atoms with E-state index >= 15 is 0 Å². The highest BCUT2D eigenvalue weighted by Crippen LogP contribution is 1.98. The Balaban J connectivity index is 2.60. The lowest BCUT2D eigenvalue weighted by Crippen LogP contribution is -2.04. The Labute approximate surface area is 64.2 Å². The Morgan fingerprint density at radius 1 is 1.73 bits per heavy atom. The van der Waals surface area contributed by atoms with Gasteiger partial charge >= 0.3 is 0 Å². The van der Waals surface area contributed by atoms with E-state index in [9.17, 15) is 5.11 Å². The van der Waals surface area contributed by atoms with E-state index in [1.165, 1.54) is 19.5 Å². The van der Waals surface area contributed by atoms with E-state index in [-0.39, 0.29) is 0 Å². The molecule has 0 fully saturated rings. The van der Waals surface area contributed by atoms with Crippen molar-refractivity contribution in [1.82, 2.24) is 0 Å². The van der Waals surface area contributed by atoms with Gasteiger partial charge in [0.05, 0.1) is 17.9 Å². The second-order valence-corrected chi connectivity index (χ2v) is 1.80. The predicted molar refractivity (Wildman–Crippen MR) is 40.2 cm³/mol. The van der Waals surface area contributed by atoms with E-state index in [1.807, 2.05) is 0 Å². The fourth-order valence-electron chi connectivity index (χ4n) is 0.551. The smallest absolute Gasteiger partial charge is 0.116 e. The molecule has 1 rings (SSSR count). The van der Waals surface area contributed by atoms with Crippen LogP contribution in [-0.2, 0) is 4.74 Å². The van der Waals surface area contributed by atoms with Crippen molar-refractivity contribution in [1.29, 1.82) is 0 Å². The van der Waals surface area contributed by atoms with Gasteiger partial charge in [0.1, 0.15) is 6.34 Å². The number of hydrogen-bond acceptors (Lipinski definition) is 4. The van der Waals surface area contributed by atoms with Crippen LogP contribution in [0.4, 0.5) is 0 Å². The van der Waals surface area contributed by atoms with Gasteiger partial charge in [0, 0.05) is 0 Å². The molecule has 0 aromatic carbocycles. The minimum atomic E-state index is -0.395. The van der Waals surface area contributed by atoms with Crippen molar-refractivity contribution in [3.05, 3.63) is 23.8 Å². The molecule has 1 aliphatic heterocycles. The standard InChI is InChI=1S/C7H8N2O2/c1-11-7(10)3-2-6-4-8-5-9-6/h2-5,10H,1H3/p-1/b6-2+,7-3+. The third-order valence-corrected chi connectivity index (χ3v) is 1.07. The zero-order valence-electron chi connectivity index (χ0n) is 6.02. The van der Waals surface area contributed by atoms with Gasteiger partial charge in [-0.2, -0.15) is 0 Å². The minimum Gasteiger partial charge on any atom is -0.617 e. The number of nitrogens with zero attached hydrogens (tertiary/aromatic N) is 2. The van der Waals surface area contributed by atoms with E-state index in [0.29, 0.717) is 5.70 Å². The zero-order chi connectivity index (χ0) is 8.10. The Hall–Kier alpha value is -1.58. The summed E-state index contributed by atoms with van der Waals surface area (Å²) in [7, 11) is 1.32. The van der Waals surface area contributed by atoms with Gasteiger partial charge in [0.25, 0.3) is 0 Å². The number of methoxy groups -OCH3 is 1. The third-order valence-electron chi connectivity index (χ3n) is 1.07. The van der Waals surface area contributed by atoms with Gasteiger partial charge in [0.15, 0.2) is 0 Å². The third kappa shape index (κ3) is 2.25. The predicted octanol–water partition coefficient (Wildman–Crippen LogP) is -0.169. The molecule has 0 N–H and O–H groups in total. The topological polar surface area (TPSA) is 57.0 Å². The number of hydrogen-bond donors (Lipinski definition) is 0. The van der Waals surface area contributed by atoms with Crippen LogP contribution in [0.25, 0.3) is 0 Å². The van der Waals surface area contributed by atoms with E-state index < -0.39 is 5.95 Å². The van der Waals surface area contributed by atoms with Gasteiger partial charge in [-0.15, -0.1) is 0 Å². The number of rotatable bonds is 2. The highest BCUT2D eigenvalue weighted by atomic mass is 16.6. The van der Waals surface area contributed by atoms with Gasteiger partial charge < -0.3 is 9.84 Å². The van der Waals surface area contributed by atoms with Gasteiger partial charge in [-0.05, 0) is 19.3 Å². The molecule has 4 nitrogen and oxygen atoms in total. The molecular weight excluding hydrogens is 144 g/mol. The molecule has 0 atom stereocenters. The number of ether oxygens (including phenoxy) is 1. The first kappa shape index (κ1) is 7.53. The van der Waals surface area contributed by atoms with Crippen LogP contribution in [0.5, 0.6) is 0 Å². The summed E-state index contributed by atoms with van der Waals surface area (Å²) in [5, 5.41) is 10.5. The molecule has 0 amide bonds. The maximum Gasteiger partial charge on any atom is 0.116 e. The van der Waals surface area contributed by atoms with Crippen LogP contribution in [0.2, 0.25) is 0 Å². The molecule has 0 bridgehead atoms. The van der Waals surface area contributed by atoms with Gasteiger partial charge in [0.2, 0.25) is 0 Å². The molecule has 11 heavy (non-hydrogen) atoms. The van der Waals surface area contributed by atoms with Crippen LogP contribution in [0.1, 0.15) is 0 Å². The lowest BCUT2D eigenvalue weighted by atomic mass is 10.4. The van der Waals surface area contributed by atoms with E-state index in [1.54, 1.807) is 12.3 Å². The van der Waals surface area contributed by atoms with E-state index in [2.05, 4.69) is 14.7 Å². The zero-order valence-corrected chi connectivity index (χ0v) is 6.02. The molecular formula is C7H7N2O2-. The lowest BCUT2D eigenvalue weighted by Gasteiger charge is -2.05. The van der Waals surface area contributed by atoms with Crippen molar-refractivity contribution in [2.45, 2.75) is 0 Å². The summed E-state index contributed by atoms with van der Waals surface area (Å²) >= 11 is 0. The van der Waals surface area contributed by atoms with Crippen molar-refractivity contribution >= 4 is 12.6 Å². The molecule has 0 aliphatic carbocycles. The highest BCUT2D eigenvalue weighted by Gasteiger charge is 1.89. The summed E-state index contributed by atoms with van der Waals surface area (Å²) in [6, 6.07) is 0. The van der Waals surface area contributed by atoms with Crippen molar-refractivity contribution in [2.24, 2.45) is 9.98 Å². The maximum absolute atomic E-state index is 10.5. The SMILES string of the molecule is CO/C([O-])=C/C=C1\C=NC=N1. The van der Waals surface area contributed by atoms with E-state index in [4.69, 9.17) is 0 Å². The number of aliphatic imine (C=N–C) groups is 2. The lowest BCUT2D eigenvalue weighted by molar-refractivity contribution is -0.353. The first-order chi connectivity index (χ1) is 5.33. The van der Waals surface area contributed by atoms with Crippen LogP contribution in [0.3, 0.4) is 0 Å². The van der Waals surface area contributed by atoms with Gasteiger partial charge in [-0.25, -0.2) is 9.98 Å². The van der Waals surface area contributed by atoms with Crippen molar-refractivity contribution in [3.63, 3.8) is 0 Å². The summed E-state index contributed by atoms with van der Waals surface area (Å²) in [5.41, 5.74) is 0.649. The quantitative estimate of drug-likeness (QED) is 0.514. The van der Waals surface area contributed by atoms with Gasteiger partial charge in [-0.1, -0.05) is 0 Å². The van der Waals surface area contributed by atoms with Crippen LogP contribution in [0, 0.1) is 0 Å². The maximum atomic E-state index is 10.5. The molecule has 58 valence electrons. The second kappa shape index (κ2) is 3.55. The van der Waals surface area contributed by atoms with Crippen molar-refractivity contribution in [3.8, 4) is 0 Å². The molecule has 0 aromatic rings. The summed E-state index contributed by atoms with van der Waals surface area (Å²) in [6.07, 6.45) is 5.80. The molecule has 0 radical (unpaired) electrons. The molecule has 0 saturated heterocycles. The van der Waals surface area contributed by atoms with Gasteiger partial charge in [-0.3, -0.25) is 0 Å². The van der Waals surface area contributed by atoms with Crippen LogP contribution in [-0.4, -0.2) is 19.7 Å². The highest BCUT2D eigenvalue weighted by molar-refractivity contribution is 5.91. The minimum absolute atomic E-state index is 0.395. The van der Waals surface area contributed by atoms with E-state index in [0.717, 1.165) is 0 Å². The first-order valence-corrected chi connectivity index (χ1v) is 3.01. The largest absolute Gasteiger partial charge is 0.617 e. The molecule has 0 aromatic heterocycles. The molecule has 1 heterocycles. The molecule has 1 aliphatic rings. The molecule has 0 saturated carbocycles. The molecule has 0 unspecified atom stereocenters. The fourth-order valence-corrected chi connectivity index (χ4v) is 0.551. The Kier molecular flexibility index (Phi) is 2.43. The van der Waals surface area contributed by atoms with Crippen LogP contribution in [0.15, 0.2) is 33.8 Å². The van der Waals surface area contributed by atoms with Crippen molar-refractivity contribution < 1.29 is 9.84 Å². The Morgan fingerprint density at radius 3 is 3.09 bits per heavy atom. The summed E-state index contributed by atoms with van der Waals surface area (Å²) in [5.74, 6) is -0.395. The second-order valence-electron chi connectivity index (χ2n) is 1.80. The summed E-state index contributed by atoms with van der Waals surface area (Å²) in [4.78, 5) is 7.53. The van der Waals surface area contributed by atoms with Crippen LogP contribution < -0.4 is 5.11 Å². The number of allylic oxidation sites excluding steroid dienone is 3. The molecule has 4 heteroatoms. The molecule has 0 spiro atoms. The van der Waals surface area contributed by atoms with Crippen LogP contribution >= 0.6 is 0 Å². The normalized spacial score (nSPS) is 19.7. The first-order valence-electron chi connectivity index (χ1n) is 3.01. The average molecular weight is 151 g/mol. The van der Waals surface area contributed by atoms with Crippen molar-refractivity contribution in [2.75, 3.05) is 7.11 Å².